The van der Waals surface area contributed by atoms with Crippen LogP contribution in [0.15, 0.2) is 18.2 Å². The molecule has 1 aromatic rings. The summed E-state index contributed by atoms with van der Waals surface area (Å²) in [7, 11) is 0. The van der Waals surface area contributed by atoms with E-state index in [2.05, 4.69) is 0 Å². The Morgan fingerprint density at radius 1 is 1.50 bits per heavy atom. The van der Waals surface area contributed by atoms with E-state index in [-0.39, 0.29) is 11.9 Å². The van der Waals surface area contributed by atoms with Crippen LogP contribution < -0.4 is 10.5 Å². The first-order valence-electron chi connectivity index (χ1n) is 4.80. The number of benzene rings is 1. The van der Waals surface area contributed by atoms with Crippen LogP contribution in [0.2, 0.25) is 0 Å². The molecule has 1 rings (SSSR count). The monoisotopic (exact) mass is 195 g/mol. The summed E-state index contributed by atoms with van der Waals surface area (Å²) in [6.07, 6.45) is 0.898. The molecule has 3 nitrogen and oxygen atoms in total. The van der Waals surface area contributed by atoms with Gasteiger partial charge in [0.05, 0.1) is 6.10 Å². The van der Waals surface area contributed by atoms with Gasteiger partial charge in [0.1, 0.15) is 11.5 Å². The Hall–Kier alpha value is -1.22. The Kier molecular flexibility index (Phi) is 3.77. The maximum atomic E-state index is 9.44. The number of aromatic hydroxyl groups is 1. The number of phenolic OH excluding ortho intramolecular Hbond substituents is 1. The lowest BCUT2D eigenvalue weighted by molar-refractivity contribution is 0.211. The average Bonchev–Trinajstić information content (AvgIpc) is 2.13. The van der Waals surface area contributed by atoms with Gasteiger partial charge in [-0.15, -0.1) is 0 Å². The Bertz CT molecular complexity index is 299. The zero-order valence-corrected chi connectivity index (χ0v) is 8.66. The van der Waals surface area contributed by atoms with Gasteiger partial charge in [-0.05, 0) is 38.9 Å². The zero-order valence-electron chi connectivity index (χ0n) is 8.66. The molecule has 78 valence electrons. The van der Waals surface area contributed by atoms with Gasteiger partial charge in [0, 0.05) is 5.56 Å². The molecule has 3 N–H and O–H groups in total. The van der Waals surface area contributed by atoms with E-state index < -0.39 is 0 Å². The maximum Gasteiger partial charge on any atom is 0.126 e. The summed E-state index contributed by atoms with van der Waals surface area (Å²) in [5.74, 6) is 0.994. The highest BCUT2D eigenvalue weighted by atomic mass is 16.5. The molecule has 14 heavy (non-hydrogen) atoms. The number of nitrogens with two attached hydrogens (primary N) is 1. The largest absolute Gasteiger partial charge is 0.508 e. The second-order valence-electron chi connectivity index (χ2n) is 3.41. The van der Waals surface area contributed by atoms with Crippen LogP contribution in [0, 0.1) is 6.92 Å². The van der Waals surface area contributed by atoms with Crippen molar-refractivity contribution in [2.75, 3.05) is 6.54 Å². The molecule has 0 bridgehead atoms. The van der Waals surface area contributed by atoms with Crippen LogP contribution in [0.25, 0.3) is 0 Å². The summed E-state index contributed by atoms with van der Waals surface area (Å²) >= 11 is 0. The molecule has 0 radical (unpaired) electrons. The third-order valence-corrected chi connectivity index (χ3v) is 2.16. The van der Waals surface area contributed by atoms with Crippen LogP contribution in [0.4, 0.5) is 0 Å². The van der Waals surface area contributed by atoms with Gasteiger partial charge < -0.3 is 15.6 Å². The van der Waals surface area contributed by atoms with Crippen LogP contribution in [0.3, 0.4) is 0 Å². The van der Waals surface area contributed by atoms with Crippen LogP contribution >= 0.6 is 0 Å². The molecule has 0 spiro atoms. The summed E-state index contributed by atoms with van der Waals surface area (Å²) in [4.78, 5) is 0. The molecule has 1 atom stereocenters. The van der Waals surface area contributed by atoms with Gasteiger partial charge in [-0.1, -0.05) is 6.07 Å². The van der Waals surface area contributed by atoms with E-state index in [9.17, 15) is 5.11 Å². The van der Waals surface area contributed by atoms with Gasteiger partial charge in [0.2, 0.25) is 0 Å². The first kappa shape index (κ1) is 10.9. The standard InChI is InChI=1S/C11H17NO2/c1-8(6-7-12)14-11-5-3-4-10(13)9(11)2/h3-5,8,13H,6-7,12H2,1-2H3. The summed E-state index contributed by atoms with van der Waals surface area (Å²) in [5.41, 5.74) is 6.20. The minimum Gasteiger partial charge on any atom is -0.508 e. The van der Waals surface area contributed by atoms with Gasteiger partial charge in [-0.3, -0.25) is 0 Å². The van der Waals surface area contributed by atoms with Crippen LogP contribution in [-0.2, 0) is 0 Å². The van der Waals surface area contributed by atoms with Crippen LogP contribution in [0.1, 0.15) is 18.9 Å². The van der Waals surface area contributed by atoms with Gasteiger partial charge in [-0.2, -0.15) is 0 Å². The quantitative estimate of drug-likeness (QED) is 0.770. The third-order valence-electron chi connectivity index (χ3n) is 2.16. The van der Waals surface area contributed by atoms with Gasteiger partial charge in [0.25, 0.3) is 0 Å². The number of ether oxygens (including phenoxy) is 1. The molecule has 0 aromatic heterocycles. The lowest BCUT2D eigenvalue weighted by atomic mass is 10.2. The number of rotatable bonds is 4. The average molecular weight is 195 g/mol. The number of hydrogen-bond donors (Lipinski definition) is 2. The van der Waals surface area contributed by atoms with E-state index in [1.807, 2.05) is 19.9 Å². The highest BCUT2D eigenvalue weighted by Gasteiger charge is 2.07. The molecule has 0 aliphatic rings. The fourth-order valence-corrected chi connectivity index (χ4v) is 1.24. The van der Waals surface area contributed by atoms with E-state index in [4.69, 9.17) is 10.5 Å². The normalized spacial score (nSPS) is 12.5. The molecule has 0 heterocycles. The highest BCUT2D eigenvalue weighted by Crippen LogP contribution is 2.26. The number of hydrogen-bond acceptors (Lipinski definition) is 3. The van der Waals surface area contributed by atoms with Crippen molar-refractivity contribution in [3.63, 3.8) is 0 Å². The second-order valence-corrected chi connectivity index (χ2v) is 3.41. The Labute approximate surface area is 84.5 Å². The van der Waals surface area contributed by atoms with E-state index in [1.165, 1.54) is 0 Å². The molecule has 0 aliphatic heterocycles. The van der Waals surface area contributed by atoms with E-state index in [0.717, 1.165) is 17.7 Å². The van der Waals surface area contributed by atoms with Gasteiger partial charge in [0.15, 0.2) is 0 Å². The van der Waals surface area contributed by atoms with Crippen LogP contribution in [-0.4, -0.2) is 17.8 Å². The first-order chi connectivity index (χ1) is 6.65. The summed E-state index contributed by atoms with van der Waals surface area (Å²) in [6, 6.07) is 5.27. The highest BCUT2D eigenvalue weighted by molar-refractivity contribution is 5.42. The van der Waals surface area contributed by atoms with E-state index in [1.54, 1.807) is 12.1 Å². The van der Waals surface area contributed by atoms with Crippen LogP contribution in [0.5, 0.6) is 11.5 Å². The molecule has 0 aliphatic carbocycles. The van der Waals surface area contributed by atoms with E-state index >= 15 is 0 Å². The van der Waals surface area contributed by atoms with Gasteiger partial charge >= 0.3 is 0 Å². The van der Waals surface area contributed by atoms with Crippen molar-refractivity contribution in [1.82, 2.24) is 0 Å². The molecule has 0 saturated carbocycles. The van der Waals surface area contributed by atoms with Crippen molar-refractivity contribution in [3.05, 3.63) is 23.8 Å². The predicted molar refractivity (Wildman–Crippen MR) is 56.6 cm³/mol. The Balaban J connectivity index is 2.71. The second kappa shape index (κ2) is 4.86. The molecule has 0 fully saturated rings. The lowest BCUT2D eigenvalue weighted by Crippen LogP contribution is -2.17. The van der Waals surface area contributed by atoms with Crippen molar-refractivity contribution in [1.29, 1.82) is 0 Å². The minimum absolute atomic E-state index is 0.0838. The van der Waals surface area contributed by atoms with Crippen molar-refractivity contribution in [2.45, 2.75) is 26.4 Å². The van der Waals surface area contributed by atoms with E-state index in [0.29, 0.717) is 6.54 Å². The maximum absolute atomic E-state index is 9.44. The Morgan fingerprint density at radius 2 is 2.21 bits per heavy atom. The Morgan fingerprint density at radius 3 is 2.86 bits per heavy atom. The molecule has 1 aromatic carbocycles. The molecule has 1 unspecified atom stereocenters. The van der Waals surface area contributed by atoms with Crippen molar-refractivity contribution in [2.24, 2.45) is 5.73 Å². The predicted octanol–water partition coefficient (Wildman–Crippen LogP) is 1.82. The summed E-state index contributed by atoms with van der Waals surface area (Å²) in [6.45, 7) is 4.41. The molecular weight excluding hydrogens is 178 g/mol. The topological polar surface area (TPSA) is 55.5 Å². The summed E-state index contributed by atoms with van der Waals surface area (Å²) < 4.78 is 5.63. The van der Waals surface area contributed by atoms with Crippen molar-refractivity contribution in [3.8, 4) is 11.5 Å². The molecule has 3 heteroatoms. The molecule has 0 saturated heterocycles. The van der Waals surface area contributed by atoms with Crippen molar-refractivity contribution >= 4 is 0 Å². The first-order valence-corrected chi connectivity index (χ1v) is 4.80. The lowest BCUT2D eigenvalue weighted by Gasteiger charge is -2.15. The zero-order chi connectivity index (χ0) is 10.6. The fraction of sp³-hybridized carbons (Fsp3) is 0.455. The number of phenols is 1. The fourth-order valence-electron chi connectivity index (χ4n) is 1.24. The van der Waals surface area contributed by atoms with Gasteiger partial charge in [-0.25, -0.2) is 0 Å². The summed E-state index contributed by atoms with van der Waals surface area (Å²) in [5, 5.41) is 9.44. The minimum atomic E-state index is 0.0838. The third kappa shape index (κ3) is 2.64. The van der Waals surface area contributed by atoms with Crippen molar-refractivity contribution < 1.29 is 9.84 Å². The molecular formula is C11H17NO2. The smallest absolute Gasteiger partial charge is 0.126 e. The SMILES string of the molecule is Cc1c(O)cccc1OC(C)CCN. The molecule has 0 amide bonds.